The molecule has 0 atom stereocenters. The van der Waals surface area contributed by atoms with Crippen molar-refractivity contribution in [3.8, 4) is 5.88 Å². The zero-order valence-corrected chi connectivity index (χ0v) is 18.6. The van der Waals surface area contributed by atoms with E-state index in [1.807, 2.05) is 64.1 Å². The third kappa shape index (κ3) is 3.96. The first-order valence-electron chi connectivity index (χ1n) is 9.91. The molecule has 0 radical (unpaired) electrons. The van der Waals surface area contributed by atoms with Gasteiger partial charge in [-0.2, -0.15) is 0 Å². The summed E-state index contributed by atoms with van der Waals surface area (Å²) in [5.74, 6) is -0.584. The molecule has 0 fully saturated rings. The lowest BCUT2D eigenvalue weighted by Gasteiger charge is -2.11. The number of aryl methyl sites for hydroxylation is 3. The van der Waals surface area contributed by atoms with Crippen molar-refractivity contribution in [2.75, 3.05) is 5.32 Å². The van der Waals surface area contributed by atoms with Crippen LogP contribution in [0, 0.1) is 20.8 Å². The van der Waals surface area contributed by atoms with Crippen molar-refractivity contribution in [3.63, 3.8) is 0 Å². The SMILES string of the molecule is CC1=Nc2ccc(C)cc2/C1=C/c1sc(=O)n(CC(=O)Nc2c(C)cccc2C)c1O. The second kappa shape index (κ2) is 8.00. The summed E-state index contributed by atoms with van der Waals surface area (Å²) in [6, 6.07) is 11.7. The van der Waals surface area contributed by atoms with Crippen molar-refractivity contribution in [3.05, 3.63) is 73.2 Å². The van der Waals surface area contributed by atoms with E-state index in [0.29, 0.717) is 4.88 Å². The van der Waals surface area contributed by atoms with Gasteiger partial charge in [0.05, 0.1) is 10.6 Å². The van der Waals surface area contributed by atoms with Crippen LogP contribution >= 0.6 is 11.3 Å². The first-order valence-corrected chi connectivity index (χ1v) is 10.7. The van der Waals surface area contributed by atoms with Crippen LogP contribution in [0.25, 0.3) is 11.6 Å². The number of thiazole rings is 1. The standard InChI is InChI=1S/C24H23N3O3S/c1-13-8-9-19-18(10-13)17(16(4)25-19)11-20-23(29)27(24(30)31-20)12-21(28)26-22-14(2)6-5-7-15(22)3/h5-11,29H,12H2,1-4H3,(H,26,28)/b17-11+. The maximum atomic E-state index is 12.6. The smallest absolute Gasteiger partial charge is 0.311 e. The Bertz CT molecular complexity index is 1310. The van der Waals surface area contributed by atoms with Gasteiger partial charge in [0.25, 0.3) is 0 Å². The average molecular weight is 434 g/mol. The van der Waals surface area contributed by atoms with Crippen molar-refractivity contribution < 1.29 is 9.90 Å². The Balaban J connectivity index is 1.63. The van der Waals surface area contributed by atoms with Crippen molar-refractivity contribution in [2.24, 2.45) is 4.99 Å². The minimum absolute atomic E-state index is 0.215. The van der Waals surface area contributed by atoms with E-state index in [0.717, 1.165) is 60.8 Å². The second-order valence-corrected chi connectivity index (χ2v) is 8.73. The van der Waals surface area contributed by atoms with Gasteiger partial charge >= 0.3 is 4.87 Å². The molecule has 31 heavy (non-hydrogen) atoms. The molecule has 0 aliphatic carbocycles. The van der Waals surface area contributed by atoms with Gasteiger partial charge in [0.15, 0.2) is 0 Å². The van der Waals surface area contributed by atoms with Crippen molar-refractivity contribution in [2.45, 2.75) is 34.2 Å². The Labute approximate surface area is 184 Å². The molecule has 1 amide bonds. The maximum absolute atomic E-state index is 12.6. The number of aromatic nitrogens is 1. The van der Waals surface area contributed by atoms with E-state index in [-0.39, 0.29) is 18.3 Å². The molecule has 1 aliphatic rings. The van der Waals surface area contributed by atoms with Crippen molar-refractivity contribution >= 4 is 46.0 Å². The molecule has 0 bridgehead atoms. The molecule has 2 N–H and O–H groups in total. The molecule has 0 spiro atoms. The molecule has 4 rings (SSSR count). The topological polar surface area (TPSA) is 83.7 Å². The van der Waals surface area contributed by atoms with Crippen LogP contribution in [0.2, 0.25) is 0 Å². The molecule has 0 unspecified atom stereocenters. The van der Waals surface area contributed by atoms with Gasteiger partial charge in [-0.25, -0.2) is 0 Å². The maximum Gasteiger partial charge on any atom is 0.311 e. The minimum atomic E-state index is -0.391. The predicted molar refractivity (Wildman–Crippen MR) is 127 cm³/mol. The number of aromatic hydroxyl groups is 1. The summed E-state index contributed by atoms with van der Waals surface area (Å²) in [5, 5.41) is 13.5. The van der Waals surface area contributed by atoms with E-state index in [2.05, 4.69) is 10.3 Å². The number of hydrogen-bond acceptors (Lipinski definition) is 5. The Morgan fingerprint density at radius 3 is 2.58 bits per heavy atom. The van der Waals surface area contributed by atoms with Crippen LogP contribution in [0.15, 0.2) is 46.2 Å². The van der Waals surface area contributed by atoms with E-state index < -0.39 is 4.87 Å². The van der Waals surface area contributed by atoms with Gasteiger partial charge in [0, 0.05) is 22.5 Å². The number of carbonyl (C=O) groups excluding carboxylic acids is 1. The fourth-order valence-corrected chi connectivity index (χ4v) is 4.52. The van der Waals surface area contributed by atoms with E-state index in [4.69, 9.17) is 0 Å². The lowest BCUT2D eigenvalue weighted by Crippen LogP contribution is -2.24. The highest BCUT2D eigenvalue weighted by Crippen LogP contribution is 2.38. The van der Waals surface area contributed by atoms with Gasteiger partial charge in [-0.15, -0.1) is 0 Å². The average Bonchev–Trinajstić information content (AvgIpc) is 3.15. The van der Waals surface area contributed by atoms with Crippen LogP contribution in [0.3, 0.4) is 0 Å². The number of para-hydroxylation sites is 1. The number of rotatable bonds is 4. The third-order valence-corrected chi connectivity index (χ3v) is 6.25. The summed E-state index contributed by atoms with van der Waals surface area (Å²) in [7, 11) is 0. The Kier molecular flexibility index (Phi) is 5.37. The number of carbonyl (C=O) groups is 1. The van der Waals surface area contributed by atoms with Gasteiger partial charge in [-0.1, -0.05) is 41.2 Å². The van der Waals surface area contributed by atoms with E-state index >= 15 is 0 Å². The normalized spacial score (nSPS) is 13.9. The molecule has 1 aliphatic heterocycles. The van der Waals surface area contributed by atoms with Crippen LogP contribution in [-0.2, 0) is 11.3 Å². The number of hydrogen-bond donors (Lipinski definition) is 2. The predicted octanol–water partition coefficient (Wildman–Crippen LogP) is 4.83. The van der Waals surface area contributed by atoms with Crippen LogP contribution in [0.5, 0.6) is 5.88 Å². The monoisotopic (exact) mass is 433 g/mol. The molecule has 2 aromatic carbocycles. The fourth-order valence-electron chi connectivity index (χ4n) is 3.69. The van der Waals surface area contributed by atoms with E-state index in [1.165, 1.54) is 0 Å². The quantitative estimate of drug-likeness (QED) is 0.618. The highest BCUT2D eigenvalue weighted by Gasteiger charge is 2.21. The summed E-state index contributed by atoms with van der Waals surface area (Å²) >= 11 is 0.909. The molecule has 6 nitrogen and oxygen atoms in total. The Morgan fingerprint density at radius 1 is 1.16 bits per heavy atom. The van der Waals surface area contributed by atoms with E-state index in [9.17, 15) is 14.7 Å². The van der Waals surface area contributed by atoms with Gasteiger partial charge in [0.1, 0.15) is 6.54 Å². The fraction of sp³-hybridized carbons (Fsp3) is 0.208. The molecule has 0 saturated heterocycles. The highest BCUT2D eigenvalue weighted by molar-refractivity contribution is 7.10. The van der Waals surface area contributed by atoms with E-state index in [1.54, 1.807) is 6.08 Å². The summed E-state index contributed by atoms with van der Waals surface area (Å²) in [6.45, 7) is 7.46. The second-order valence-electron chi connectivity index (χ2n) is 7.73. The first-order chi connectivity index (χ1) is 14.7. The zero-order valence-electron chi connectivity index (χ0n) is 17.8. The molecule has 3 aromatic rings. The molecule has 7 heteroatoms. The van der Waals surface area contributed by atoms with Crippen molar-refractivity contribution in [1.82, 2.24) is 4.57 Å². The summed E-state index contributed by atoms with van der Waals surface area (Å²) in [4.78, 5) is 29.7. The Hall–Kier alpha value is -3.45. The van der Waals surface area contributed by atoms with Gasteiger partial charge in [0.2, 0.25) is 11.8 Å². The summed E-state index contributed by atoms with van der Waals surface area (Å²) in [5.41, 5.74) is 7.22. The summed E-state index contributed by atoms with van der Waals surface area (Å²) < 4.78 is 1.10. The molecule has 2 heterocycles. The van der Waals surface area contributed by atoms with Crippen LogP contribution in [0.4, 0.5) is 11.4 Å². The molecule has 0 saturated carbocycles. The minimum Gasteiger partial charge on any atom is -0.493 e. The van der Waals surface area contributed by atoms with Crippen LogP contribution in [0.1, 0.15) is 34.1 Å². The van der Waals surface area contributed by atoms with Gasteiger partial charge < -0.3 is 10.4 Å². The van der Waals surface area contributed by atoms with Crippen LogP contribution in [-0.4, -0.2) is 21.3 Å². The number of amides is 1. The number of aliphatic imine (C=N–C) groups is 1. The largest absolute Gasteiger partial charge is 0.493 e. The number of allylic oxidation sites excluding steroid dienone is 1. The number of nitrogens with zero attached hydrogens (tertiary/aromatic N) is 2. The molecule has 1 aromatic heterocycles. The van der Waals surface area contributed by atoms with Gasteiger partial charge in [-0.3, -0.25) is 19.1 Å². The number of anilines is 1. The molecular weight excluding hydrogens is 410 g/mol. The van der Waals surface area contributed by atoms with Crippen LogP contribution < -0.4 is 10.2 Å². The first kappa shape index (κ1) is 20.8. The Morgan fingerprint density at radius 2 is 1.87 bits per heavy atom. The lowest BCUT2D eigenvalue weighted by atomic mass is 10.0. The summed E-state index contributed by atoms with van der Waals surface area (Å²) in [6.07, 6.45) is 1.77. The number of nitrogens with one attached hydrogen (secondary N) is 1. The lowest BCUT2D eigenvalue weighted by molar-refractivity contribution is -0.116. The number of benzene rings is 2. The molecule has 158 valence electrons. The molecular formula is C24H23N3O3S. The highest BCUT2D eigenvalue weighted by atomic mass is 32.1. The van der Waals surface area contributed by atoms with Gasteiger partial charge in [-0.05, 0) is 57.0 Å². The third-order valence-electron chi connectivity index (χ3n) is 5.34. The number of fused-ring (bicyclic) bond motifs is 1. The zero-order chi connectivity index (χ0) is 22.3. The van der Waals surface area contributed by atoms with Crippen molar-refractivity contribution in [1.29, 1.82) is 0 Å².